The van der Waals surface area contributed by atoms with Crippen LogP contribution < -0.4 is 5.48 Å². The molecule has 18 heteroatoms. The predicted molar refractivity (Wildman–Crippen MR) is 175 cm³/mol. The van der Waals surface area contributed by atoms with E-state index in [9.17, 15) is 19.2 Å². The molecule has 2 heterocycles. The highest BCUT2D eigenvalue weighted by atomic mass is 33.1. The first-order valence-electron chi connectivity index (χ1n) is 16.9. The molecule has 1 fully saturated rings. The van der Waals surface area contributed by atoms with Crippen molar-refractivity contribution in [2.24, 2.45) is 0 Å². The van der Waals surface area contributed by atoms with Gasteiger partial charge in [-0.25, -0.2) is 14.7 Å². The summed E-state index contributed by atoms with van der Waals surface area (Å²) in [4.78, 5) is 64.3. The number of nitrogens with one attached hydrogen (secondary N) is 1. The largest absolute Gasteiger partial charge is 0.333 e. The maximum absolute atomic E-state index is 11.8. The lowest BCUT2D eigenvalue weighted by atomic mass is 10.0. The van der Waals surface area contributed by atoms with Gasteiger partial charge in [0.25, 0.3) is 11.8 Å². The minimum atomic E-state index is -0.513. The van der Waals surface area contributed by atoms with Gasteiger partial charge in [-0.2, -0.15) is 5.48 Å². The molecule has 1 saturated heterocycles. The maximum atomic E-state index is 11.8. The van der Waals surface area contributed by atoms with Gasteiger partial charge in [-0.15, -0.1) is 5.06 Å². The zero-order valence-corrected chi connectivity index (χ0v) is 29.5. The minimum absolute atomic E-state index is 0.115. The van der Waals surface area contributed by atoms with Crippen molar-refractivity contribution < 1.29 is 64.1 Å². The molecule has 0 spiro atoms. The molecule has 278 valence electrons. The van der Waals surface area contributed by atoms with Gasteiger partial charge in [-0.3, -0.25) is 14.4 Å². The van der Waals surface area contributed by atoms with Gasteiger partial charge >= 0.3 is 5.97 Å². The van der Waals surface area contributed by atoms with Crippen molar-refractivity contribution in [1.29, 1.82) is 0 Å². The molecule has 0 radical (unpaired) electrons. The first-order valence-corrected chi connectivity index (χ1v) is 19.2. The predicted octanol–water partition coefficient (Wildman–Crippen LogP) is 7.02. The van der Waals surface area contributed by atoms with Crippen molar-refractivity contribution in [3.63, 3.8) is 0 Å². The molecule has 16 nitrogen and oxygen atoms in total. The fraction of sp³-hybridized carbons (Fsp3) is 0.710. The second-order valence-electron chi connectivity index (χ2n) is 11.1. The number of hydrogen-bond donors (Lipinski definition) is 1. The average molecular weight is 736 g/mol. The summed E-state index contributed by atoms with van der Waals surface area (Å²) in [5.41, 5.74) is 1.98. The van der Waals surface area contributed by atoms with Crippen LogP contribution in [0.25, 0.3) is 0 Å². The fourth-order valence-corrected chi connectivity index (χ4v) is 6.44. The van der Waals surface area contributed by atoms with Crippen LogP contribution >= 0.6 is 21.6 Å². The SMILES string of the molecule is O=C(CCSSc1ccccn1)NOOOOOOOOCCCCCCCCCCCCCCCCCCC(=O)ON1C(=O)CCC1=O. The summed E-state index contributed by atoms with van der Waals surface area (Å²) in [7, 11) is 2.93. The molecule has 1 aliphatic rings. The van der Waals surface area contributed by atoms with Crippen molar-refractivity contribution >= 4 is 45.3 Å². The summed E-state index contributed by atoms with van der Waals surface area (Å²) in [5.74, 6) is -1.30. The van der Waals surface area contributed by atoms with Gasteiger partial charge in [0.1, 0.15) is 5.03 Å². The highest BCUT2D eigenvalue weighted by Gasteiger charge is 2.32. The zero-order valence-electron chi connectivity index (χ0n) is 27.9. The molecular weight excluding hydrogens is 686 g/mol. The highest BCUT2D eigenvalue weighted by molar-refractivity contribution is 8.76. The molecule has 0 unspecified atom stereocenters. The summed E-state index contributed by atoms with van der Waals surface area (Å²) in [6.07, 6.45) is 20.3. The van der Waals surface area contributed by atoms with Crippen molar-refractivity contribution in [1.82, 2.24) is 15.5 Å². The van der Waals surface area contributed by atoms with E-state index in [-0.39, 0.29) is 25.7 Å². The molecule has 0 aromatic carbocycles. The van der Waals surface area contributed by atoms with Gasteiger partial charge in [0, 0.05) is 37.6 Å². The number of carbonyl (C=O) groups excluding carboxylic acids is 4. The van der Waals surface area contributed by atoms with Crippen molar-refractivity contribution in [2.75, 3.05) is 12.4 Å². The van der Waals surface area contributed by atoms with Gasteiger partial charge < -0.3 is 4.84 Å². The van der Waals surface area contributed by atoms with Crippen molar-refractivity contribution in [2.45, 2.75) is 133 Å². The number of carbonyl (C=O) groups is 4. The Morgan fingerprint density at radius 2 is 1.24 bits per heavy atom. The number of hydrogen-bond acceptors (Lipinski definition) is 16. The Kier molecular flexibility index (Phi) is 26.6. The van der Waals surface area contributed by atoms with Gasteiger partial charge in [0.15, 0.2) is 0 Å². The Balaban J connectivity index is 1.18. The van der Waals surface area contributed by atoms with Crippen LogP contribution in [-0.4, -0.2) is 46.1 Å². The van der Waals surface area contributed by atoms with E-state index in [1.54, 1.807) is 6.20 Å². The molecular formula is C31H49N3O13S2. The smallest absolute Gasteiger partial charge is 0.330 e. The van der Waals surface area contributed by atoms with E-state index >= 15 is 0 Å². The molecule has 2 rings (SSSR count). The molecule has 0 saturated carbocycles. The third-order valence-electron chi connectivity index (χ3n) is 7.13. The van der Waals surface area contributed by atoms with Crippen LogP contribution in [0.2, 0.25) is 0 Å². The van der Waals surface area contributed by atoms with Gasteiger partial charge in [0.2, 0.25) is 5.91 Å². The minimum Gasteiger partial charge on any atom is -0.330 e. The molecule has 1 aromatic rings. The van der Waals surface area contributed by atoms with Crippen molar-refractivity contribution in [3.8, 4) is 0 Å². The number of nitrogens with zero attached hydrogens (tertiary/aromatic N) is 2. The zero-order chi connectivity index (χ0) is 35.0. The summed E-state index contributed by atoms with van der Waals surface area (Å²) in [6, 6.07) is 5.59. The third kappa shape index (κ3) is 24.4. The lowest BCUT2D eigenvalue weighted by Gasteiger charge is -2.12. The van der Waals surface area contributed by atoms with E-state index in [1.165, 1.54) is 79.4 Å². The van der Waals surface area contributed by atoms with Gasteiger partial charge in [-0.1, -0.05) is 112 Å². The molecule has 1 aliphatic heterocycles. The Morgan fingerprint density at radius 3 is 1.84 bits per heavy atom. The normalized spacial score (nSPS) is 12.9. The van der Waals surface area contributed by atoms with E-state index in [0.717, 1.165) is 43.6 Å². The third-order valence-corrected chi connectivity index (χ3v) is 9.40. The summed E-state index contributed by atoms with van der Waals surface area (Å²) in [6.45, 7) is 0.314. The first-order chi connectivity index (χ1) is 24.1. The van der Waals surface area contributed by atoms with E-state index in [4.69, 9.17) is 9.73 Å². The van der Waals surface area contributed by atoms with Crippen LogP contribution in [0.1, 0.15) is 128 Å². The average Bonchev–Trinajstić information content (AvgIpc) is 3.42. The van der Waals surface area contributed by atoms with Crippen LogP contribution in [0.5, 0.6) is 0 Å². The van der Waals surface area contributed by atoms with Crippen LogP contribution in [0.4, 0.5) is 0 Å². The number of aromatic nitrogens is 1. The molecule has 3 amide bonds. The molecule has 0 atom stereocenters. The second-order valence-corrected chi connectivity index (χ2v) is 13.6. The Hall–Kier alpha value is -2.39. The van der Waals surface area contributed by atoms with Crippen LogP contribution in [0.15, 0.2) is 29.4 Å². The number of rotatable bonds is 33. The summed E-state index contributed by atoms with van der Waals surface area (Å²) in [5, 5.41) is 25.8. The van der Waals surface area contributed by atoms with E-state index in [1.807, 2.05) is 23.7 Å². The standard InChI is InChI=1S/C31H49N3O13S2/c35-27(23-26-48-49-28-19-16-17-24-32-28)33-41-43-45-47-46-44-42-39-25-18-14-12-10-8-6-4-2-1-3-5-7-9-11-13-15-20-31(38)40-34-29(36)21-22-30(34)37/h16-17,19,24H,1-15,18,20-23,25-26H2,(H,33,35). The topological polar surface area (TPSA) is 180 Å². The summed E-state index contributed by atoms with van der Waals surface area (Å²) >= 11 is 0. The summed E-state index contributed by atoms with van der Waals surface area (Å²) < 4.78 is 0. The molecule has 1 N–H and O–H groups in total. The quantitative estimate of drug-likeness (QED) is 0.0256. The van der Waals surface area contributed by atoms with Crippen molar-refractivity contribution in [3.05, 3.63) is 24.4 Å². The molecule has 49 heavy (non-hydrogen) atoms. The molecule has 0 aliphatic carbocycles. The molecule has 1 aromatic heterocycles. The van der Waals surface area contributed by atoms with E-state index in [0.29, 0.717) is 23.8 Å². The monoisotopic (exact) mass is 735 g/mol. The Bertz CT molecular complexity index is 1010. The first kappa shape index (κ1) is 42.8. The highest BCUT2D eigenvalue weighted by Crippen LogP contribution is 2.29. The van der Waals surface area contributed by atoms with Crippen LogP contribution in [-0.2, 0) is 64.1 Å². The number of unbranched alkanes of at least 4 members (excludes halogenated alkanes) is 15. The fourth-order valence-electron chi connectivity index (χ4n) is 4.57. The number of imide groups is 1. The second kappa shape index (κ2) is 30.4. The van der Waals surface area contributed by atoms with E-state index in [2.05, 4.69) is 40.2 Å². The number of hydroxylamine groups is 3. The Morgan fingerprint density at radius 1 is 0.694 bits per heavy atom. The lowest BCUT2D eigenvalue weighted by Crippen LogP contribution is -2.31. The van der Waals surface area contributed by atoms with Crippen LogP contribution in [0.3, 0.4) is 0 Å². The van der Waals surface area contributed by atoms with E-state index < -0.39 is 23.7 Å². The number of pyridine rings is 1. The maximum Gasteiger partial charge on any atom is 0.333 e. The number of amides is 3. The van der Waals surface area contributed by atoms with Crippen LogP contribution in [0, 0.1) is 0 Å². The van der Waals surface area contributed by atoms with Gasteiger partial charge in [-0.05, 0) is 66.0 Å². The lowest BCUT2D eigenvalue weighted by molar-refractivity contribution is -0.815. The Labute approximate surface area is 294 Å². The molecule has 0 bridgehead atoms. The van der Waals surface area contributed by atoms with Gasteiger partial charge in [0.05, 0.1) is 6.61 Å².